The van der Waals surface area contributed by atoms with E-state index in [1.54, 1.807) is 17.0 Å². The molecular formula is C27H30ClF4N7. The van der Waals surface area contributed by atoms with Gasteiger partial charge in [0.2, 0.25) is 5.95 Å². The van der Waals surface area contributed by atoms with Gasteiger partial charge in [0.25, 0.3) is 0 Å². The minimum atomic E-state index is -4.48. The van der Waals surface area contributed by atoms with Gasteiger partial charge in [0.05, 0.1) is 16.3 Å². The highest BCUT2D eigenvalue weighted by atomic mass is 35.5. The van der Waals surface area contributed by atoms with Crippen LogP contribution in [0, 0.1) is 5.82 Å². The highest BCUT2D eigenvalue weighted by molar-refractivity contribution is 6.31. The lowest BCUT2D eigenvalue weighted by Gasteiger charge is -2.38. The zero-order chi connectivity index (χ0) is 27.6. The molecule has 7 nitrogen and oxygen atoms in total. The quantitative estimate of drug-likeness (QED) is 0.382. The van der Waals surface area contributed by atoms with Crippen molar-refractivity contribution in [1.29, 1.82) is 0 Å². The number of nitrogens with zero attached hydrogens (tertiary/aromatic N) is 7. The van der Waals surface area contributed by atoms with Crippen molar-refractivity contribution in [1.82, 2.24) is 19.9 Å². The van der Waals surface area contributed by atoms with Crippen LogP contribution in [0.3, 0.4) is 0 Å². The number of halogens is 5. The van der Waals surface area contributed by atoms with E-state index in [4.69, 9.17) is 21.6 Å². The van der Waals surface area contributed by atoms with Crippen LogP contribution in [0.1, 0.15) is 18.9 Å². The highest BCUT2D eigenvalue weighted by Gasteiger charge is 2.36. The first-order chi connectivity index (χ1) is 18.7. The van der Waals surface area contributed by atoms with Crippen LogP contribution in [0.2, 0.25) is 5.02 Å². The van der Waals surface area contributed by atoms with Gasteiger partial charge in [-0.2, -0.15) is 18.2 Å². The molecule has 2 aromatic heterocycles. The predicted molar refractivity (Wildman–Crippen MR) is 145 cm³/mol. The van der Waals surface area contributed by atoms with Gasteiger partial charge in [0, 0.05) is 70.2 Å². The second-order valence-corrected chi connectivity index (χ2v) is 10.1. The Balaban J connectivity index is 1.41. The maximum absolute atomic E-state index is 13.9. The number of hydrogen-bond acceptors (Lipinski definition) is 7. The van der Waals surface area contributed by atoms with E-state index in [9.17, 15) is 17.6 Å². The molecule has 0 amide bonds. The maximum atomic E-state index is 13.9. The average Bonchev–Trinajstić information content (AvgIpc) is 2.94. The molecule has 2 saturated heterocycles. The largest absolute Gasteiger partial charge is 0.419 e. The Hall–Kier alpha value is -3.18. The molecule has 0 N–H and O–H groups in total. The molecule has 0 spiro atoms. The van der Waals surface area contributed by atoms with Crippen LogP contribution >= 0.6 is 11.6 Å². The molecule has 0 unspecified atom stereocenters. The summed E-state index contributed by atoms with van der Waals surface area (Å²) in [5, 5.41) is 0.00633. The van der Waals surface area contributed by atoms with E-state index < -0.39 is 17.6 Å². The van der Waals surface area contributed by atoms with Gasteiger partial charge < -0.3 is 14.7 Å². The van der Waals surface area contributed by atoms with Crippen molar-refractivity contribution in [3.05, 3.63) is 59.0 Å². The Kier molecular flexibility index (Phi) is 8.08. The number of hydrogen-bond donors (Lipinski definition) is 0. The number of anilines is 3. The SMILES string of the molecule is CCCN1CCN(c2nc(-c3ccc(F)c(Cl)c3)cc(N3CCN(c4ncccc4C(F)(F)F)CC3)n2)CC1. The number of aromatic nitrogens is 3. The van der Waals surface area contributed by atoms with E-state index in [0.717, 1.165) is 45.2 Å². The van der Waals surface area contributed by atoms with Crippen LogP contribution in [-0.4, -0.2) is 78.8 Å². The summed E-state index contributed by atoms with van der Waals surface area (Å²) in [7, 11) is 0. The first-order valence-corrected chi connectivity index (χ1v) is 13.4. The van der Waals surface area contributed by atoms with Gasteiger partial charge in [0.15, 0.2) is 0 Å². The second kappa shape index (κ2) is 11.5. The van der Waals surface area contributed by atoms with Crippen LogP contribution in [-0.2, 0) is 6.18 Å². The van der Waals surface area contributed by atoms with Crippen LogP contribution in [0.5, 0.6) is 0 Å². The van der Waals surface area contributed by atoms with Gasteiger partial charge in [-0.15, -0.1) is 0 Å². The van der Waals surface area contributed by atoms with E-state index in [1.807, 2.05) is 11.0 Å². The first-order valence-electron chi connectivity index (χ1n) is 13.1. The third-order valence-corrected chi connectivity index (χ3v) is 7.40. The smallest absolute Gasteiger partial charge is 0.353 e. The Morgan fingerprint density at radius 2 is 1.56 bits per heavy atom. The van der Waals surface area contributed by atoms with Crippen molar-refractivity contribution in [2.75, 3.05) is 73.6 Å². The Labute approximate surface area is 230 Å². The lowest BCUT2D eigenvalue weighted by Crippen LogP contribution is -2.48. The molecule has 4 heterocycles. The van der Waals surface area contributed by atoms with Gasteiger partial charge in [-0.3, -0.25) is 4.90 Å². The molecule has 0 atom stereocenters. The molecule has 0 aliphatic carbocycles. The summed E-state index contributed by atoms with van der Waals surface area (Å²) in [4.78, 5) is 22.0. The predicted octanol–water partition coefficient (Wildman–Crippen LogP) is 5.21. The summed E-state index contributed by atoms with van der Waals surface area (Å²) in [5.41, 5.74) is 0.540. The van der Waals surface area contributed by atoms with E-state index in [1.165, 1.54) is 18.3 Å². The summed E-state index contributed by atoms with van der Waals surface area (Å²) >= 11 is 6.07. The fraction of sp³-hybridized carbons (Fsp3) is 0.444. The standard InChI is InChI=1S/C27H30ClF4N7/c1-2-8-36-9-11-39(12-10-36)26-34-23(19-5-6-22(29)21(28)17-19)18-24(35-26)37-13-15-38(16-14-37)25-20(27(30,31)32)4-3-7-33-25/h3-7,17-18H,2,8-16H2,1H3. The Morgan fingerprint density at radius 1 is 0.872 bits per heavy atom. The second-order valence-electron chi connectivity index (χ2n) is 9.72. The minimum Gasteiger partial charge on any atom is -0.353 e. The van der Waals surface area contributed by atoms with E-state index >= 15 is 0 Å². The molecular weight excluding hydrogens is 534 g/mol. The summed E-state index contributed by atoms with van der Waals surface area (Å²) in [6.07, 6.45) is -2.00. The zero-order valence-corrected chi connectivity index (χ0v) is 22.4. The minimum absolute atomic E-state index is 0.00633. The number of alkyl halides is 3. The molecule has 208 valence electrons. The lowest BCUT2D eigenvalue weighted by atomic mass is 10.1. The summed E-state index contributed by atoms with van der Waals surface area (Å²) < 4.78 is 54.5. The van der Waals surface area contributed by atoms with Crippen LogP contribution in [0.4, 0.5) is 35.1 Å². The summed E-state index contributed by atoms with van der Waals surface area (Å²) in [6.45, 7) is 8.20. The number of piperazine rings is 2. The van der Waals surface area contributed by atoms with Crippen molar-refractivity contribution < 1.29 is 17.6 Å². The van der Waals surface area contributed by atoms with Crippen LogP contribution < -0.4 is 14.7 Å². The van der Waals surface area contributed by atoms with Gasteiger partial charge >= 0.3 is 6.18 Å². The molecule has 5 rings (SSSR count). The van der Waals surface area contributed by atoms with Crippen molar-refractivity contribution in [2.45, 2.75) is 19.5 Å². The molecule has 2 aliphatic rings. The topological polar surface area (TPSA) is 51.6 Å². The summed E-state index contributed by atoms with van der Waals surface area (Å²) in [5.74, 6) is 0.680. The molecule has 1 aromatic carbocycles. The van der Waals surface area contributed by atoms with Crippen molar-refractivity contribution in [3.8, 4) is 11.3 Å². The number of pyridine rings is 1. The van der Waals surface area contributed by atoms with Crippen molar-refractivity contribution in [2.24, 2.45) is 0 Å². The van der Waals surface area contributed by atoms with Crippen LogP contribution in [0.25, 0.3) is 11.3 Å². The third-order valence-electron chi connectivity index (χ3n) is 7.11. The van der Waals surface area contributed by atoms with E-state index in [0.29, 0.717) is 49.2 Å². The molecule has 2 aliphatic heterocycles. The Morgan fingerprint density at radius 3 is 2.23 bits per heavy atom. The maximum Gasteiger partial charge on any atom is 0.419 e. The van der Waals surface area contributed by atoms with Gasteiger partial charge in [-0.1, -0.05) is 18.5 Å². The van der Waals surface area contributed by atoms with Crippen LogP contribution in [0.15, 0.2) is 42.6 Å². The molecule has 3 aromatic rings. The zero-order valence-electron chi connectivity index (χ0n) is 21.6. The van der Waals surface area contributed by atoms with Gasteiger partial charge in [-0.25, -0.2) is 14.4 Å². The molecule has 12 heteroatoms. The number of benzene rings is 1. The first kappa shape index (κ1) is 27.4. The van der Waals surface area contributed by atoms with E-state index in [2.05, 4.69) is 21.7 Å². The average molecular weight is 564 g/mol. The summed E-state index contributed by atoms with van der Waals surface area (Å²) in [6, 6.07) is 8.68. The van der Waals surface area contributed by atoms with Gasteiger partial charge in [-0.05, 0) is 43.3 Å². The fourth-order valence-corrected chi connectivity index (χ4v) is 5.21. The fourth-order valence-electron chi connectivity index (χ4n) is 5.03. The van der Waals surface area contributed by atoms with Crippen molar-refractivity contribution >= 4 is 29.2 Å². The third kappa shape index (κ3) is 6.19. The lowest BCUT2D eigenvalue weighted by molar-refractivity contribution is -0.137. The Bertz CT molecular complexity index is 1290. The monoisotopic (exact) mass is 563 g/mol. The van der Waals surface area contributed by atoms with E-state index in [-0.39, 0.29) is 10.8 Å². The van der Waals surface area contributed by atoms with Crippen molar-refractivity contribution in [3.63, 3.8) is 0 Å². The molecule has 0 bridgehead atoms. The molecule has 0 radical (unpaired) electrons. The van der Waals surface area contributed by atoms with Gasteiger partial charge in [0.1, 0.15) is 17.5 Å². The normalized spacial score (nSPS) is 17.1. The molecule has 2 fully saturated rings. The number of rotatable bonds is 6. The molecule has 0 saturated carbocycles. The molecule has 39 heavy (non-hydrogen) atoms. The highest BCUT2D eigenvalue weighted by Crippen LogP contribution is 2.36.